The van der Waals surface area contributed by atoms with Gasteiger partial charge >= 0.3 is 6.03 Å². The van der Waals surface area contributed by atoms with E-state index >= 15 is 0 Å². The van der Waals surface area contributed by atoms with Crippen molar-refractivity contribution in [3.63, 3.8) is 0 Å². The van der Waals surface area contributed by atoms with E-state index < -0.39 is 0 Å². The number of nitrogens with zero attached hydrogens (tertiary/aromatic N) is 2. The SMILES string of the molecule is CC(C)(C)CN1CC[C@@H](C2CCN(C(=O)Nc3cccs3)CC2)C1. The fourth-order valence-corrected chi connectivity index (χ4v) is 4.78. The van der Waals surface area contributed by atoms with Gasteiger partial charge in [0, 0.05) is 26.2 Å². The topological polar surface area (TPSA) is 35.6 Å². The van der Waals surface area contributed by atoms with Crippen LogP contribution in [-0.2, 0) is 0 Å². The van der Waals surface area contributed by atoms with E-state index in [2.05, 4.69) is 31.0 Å². The molecule has 0 unspecified atom stereocenters. The molecule has 2 saturated heterocycles. The van der Waals surface area contributed by atoms with Gasteiger partial charge in [-0.3, -0.25) is 5.32 Å². The molecule has 134 valence electrons. The molecule has 1 aromatic rings. The van der Waals surface area contributed by atoms with Crippen molar-refractivity contribution in [3.8, 4) is 0 Å². The Morgan fingerprint density at radius 1 is 1.21 bits per heavy atom. The predicted molar refractivity (Wildman–Crippen MR) is 102 cm³/mol. The summed E-state index contributed by atoms with van der Waals surface area (Å²) >= 11 is 1.58. The van der Waals surface area contributed by atoms with Crippen LogP contribution in [0.4, 0.5) is 9.80 Å². The first-order chi connectivity index (χ1) is 11.4. The molecule has 5 heteroatoms. The molecule has 0 spiro atoms. The number of piperidine rings is 1. The summed E-state index contributed by atoms with van der Waals surface area (Å²) in [5, 5.41) is 5.94. The number of thiophene rings is 1. The van der Waals surface area contributed by atoms with Crippen molar-refractivity contribution in [2.24, 2.45) is 17.3 Å². The number of nitrogens with one attached hydrogen (secondary N) is 1. The van der Waals surface area contributed by atoms with E-state index in [-0.39, 0.29) is 6.03 Å². The average Bonchev–Trinajstić information content (AvgIpc) is 3.17. The summed E-state index contributed by atoms with van der Waals surface area (Å²) in [6.07, 6.45) is 3.65. The number of rotatable bonds is 3. The van der Waals surface area contributed by atoms with Crippen molar-refractivity contribution in [3.05, 3.63) is 17.5 Å². The van der Waals surface area contributed by atoms with Gasteiger partial charge in [0.1, 0.15) is 0 Å². The van der Waals surface area contributed by atoms with E-state index in [1.165, 1.54) is 26.1 Å². The highest BCUT2D eigenvalue weighted by molar-refractivity contribution is 7.14. The van der Waals surface area contributed by atoms with Gasteiger partial charge < -0.3 is 9.80 Å². The van der Waals surface area contributed by atoms with E-state index in [0.29, 0.717) is 5.41 Å². The molecule has 0 aromatic carbocycles. The lowest BCUT2D eigenvalue weighted by molar-refractivity contribution is 0.153. The van der Waals surface area contributed by atoms with E-state index in [1.807, 2.05) is 22.4 Å². The second-order valence-electron chi connectivity index (χ2n) is 8.58. The first-order valence-electron chi connectivity index (χ1n) is 9.22. The smallest absolute Gasteiger partial charge is 0.322 e. The Morgan fingerprint density at radius 3 is 2.54 bits per heavy atom. The molecule has 0 bridgehead atoms. The molecule has 1 aromatic heterocycles. The highest BCUT2D eigenvalue weighted by Gasteiger charge is 2.33. The molecular formula is C19H31N3OS. The van der Waals surface area contributed by atoms with Gasteiger partial charge in [-0.25, -0.2) is 4.79 Å². The number of amides is 2. The molecule has 3 rings (SSSR count). The zero-order valence-corrected chi connectivity index (χ0v) is 16.1. The Balaban J connectivity index is 1.43. The fraction of sp³-hybridized carbons (Fsp3) is 0.737. The van der Waals surface area contributed by atoms with Crippen LogP contribution in [0.3, 0.4) is 0 Å². The van der Waals surface area contributed by atoms with Crippen LogP contribution in [0.15, 0.2) is 17.5 Å². The molecular weight excluding hydrogens is 318 g/mol. The number of hydrogen-bond donors (Lipinski definition) is 1. The molecule has 24 heavy (non-hydrogen) atoms. The summed E-state index contributed by atoms with van der Waals surface area (Å²) in [6.45, 7) is 12.5. The van der Waals surface area contributed by atoms with E-state index in [0.717, 1.165) is 42.8 Å². The molecule has 4 nitrogen and oxygen atoms in total. The lowest BCUT2D eigenvalue weighted by atomic mass is 9.84. The molecule has 2 aliphatic rings. The first-order valence-corrected chi connectivity index (χ1v) is 10.1. The maximum Gasteiger partial charge on any atom is 0.322 e. The van der Waals surface area contributed by atoms with Gasteiger partial charge in [0.05, 0.1) is 5.00 Å². The Hall–Kier alpha value is -1.07. The lowest BCUT2D eigenvalue weighted by Crippen LogP contribution is -2.42. The van der Waals surface area contributed by atoms with Crippen LogP contribution in [-0.4, -0.2) is 48.6 Å². The molecule has 2 fully saturated rings. The van der Waals surface area contributed by atoms with Crippen LogP contribution in [0.25, 0.3) is 0 Å². The molecule has 0 radical (unpaired) electrons. The summed E-state index contributed by atoms with van der Waals surface area (Å²) in [5.41, 5.74) is 0.387. The third kappa shape index (κ3) is 4.73. The second-order valence-corrected chi connectivity index (χ2v) is 9.52. The molecule has 2 amide bonds. The van der Waals surface area contributed by atoms with Gasteiger partial charge in [-0.05, 0) is 60.6 Å². The van der Waals surface area contributed by atoms with Gasteiger partial charge in [0.25, 0.3) is 0 Å². The average molecular weight is 350 g/mol. The third-order valence-corrected chi connectivity index (χ3v) is 6.04. The van der Waals surface area contributed by atoms with Crippen LogP contribution < -0.4 is 5.32 Å². The summed E-state index contributed by atoms with van der Waals surface area (Å²) in [5.74, 6) is 1.62. The van der Waals surface area contributed by atoms with Crippen molar-refractivity contribution >= 4 is 22.4 Å². The van der Waals surface area contributed by atoms with Crippen molar-refractivity contribution < 1.29 is 4.79 Å². The minimum absolute atomic E-state index is 0.0664. The molecule has 2 aliphatic heterocycles. The number of likely N-dealkylation sites (tertiary alicyclic amines) is 2. The first kappa shape index (κ1) is 17.7. The highest BCUT2D eigenvalue weighted by atomic mass is 32.1. The molecule has 0 aliphatic carbocycles. The Bertz CT molecular complexity index is 529. The fourth-order valence-electron chi connectivity index (χ4n) is 4.17. The second kappa shape index (κ2) is 7.44. The summed E-state index contributed by atoms with van der Waals surface area (Å²) in [4.78, 5) is 16.9. The summed E-state index contributed by atoms with van der Waals surface area (Å²) < 4.78 is 0. The number of carbonyl (C=O) groups excluding carboxylic acids is 1. The third-order valence-electron chi connectivity index (χ3n) is 5.25. The van der Waals surface area contributed by atoms with Crippen LogP contribution in [0.5, 0.6) is 0 Å². The van der Waals surface area contributed by atoms with Gasteiger partial charge in [0.15, 0.2) is 0 Å². The normalized spacial score (nSPS) is 23.6. The zero-order valence-electron chi connectivity index (χ0n) is 15.3. The largest absolute Gasteiger partial charge is 0.324 e. The number of carbonyl (C=O) groups is 1. The van der Waals surface area contributed by atoms with Gasteiger partial charge in [-0.2, -0.15) is 0 Å². The molecule has 1 N–H and O–H groups in total. The standard InChI is InChI=1S/C19H31N3OS/c1-19(2,3)14-21-9-6-16(13-21)15-7-10-22(11-8-15)18(23)20-17-5-4-12-24-17/h4-5,12,15-16H,6-11,13-14H2,1-3H3,(H,20,23)/t16-/m1/s1. The van der Waals surface area contributed by atoms with Crippen LogP contribution >= 0.6 is 11.3 Å². The summed E-state index contributed by atoms with van der Waals surface area (Å²) in [7, 11) is 0. The maximum atomic E-state index is 12.3. The zero-order chi connectivity index (χ0) is 17.2. The van der Waals surface area contributed by atoms with Crippen molar-refractivity contribution in [2.45, 2.75) is 40.0 Å². The van der Waals surface area contributed by atoms with E-state index in [1.54, 1.807) is 11.3 Å². The Kier molecular flexibility index (Phi) is 5.50. The summed E-state index contributed by atoms with van der Waals surface area (Å²) in [6, 6.07) is 3.99. The minimum Gasteiger partial charge on any atom is -0.324 e. The van der Waals surface area contributed by atoms with Crippen molar-refractivity contribution in [1.82, 2.24) is 9.80 Å². The number of hydrogen-bond acceptors (Lipinski definition) is 3. The molecule has 1 atom stereocenters. The quantitative estimate of drug-likeness (QED) is 0.880. The Morgan fingerprint density at radius 2 is 1.92 bits per heavy atom. The van der Waals surface area contributed by atoms with Crippen LogP contribution in [0, 0.1) is 17.3 Å². The predicted octanol–water partition coefficient (Wildman–Crippen LogP) is 4.36. The van der Waals surface area contributed by atoms with E-state index in [4.69, 9.17) is 0 Å². The van der Waals surface area contributed by atoms with Gasteiger partial charge in [-0.15, -0.1) is 11.3 Å². The van der Waals surface area contributed by atoms with Crippen molar-refractivity contribution in [1.29, 1.82) is 0 Å². The van der Waals surface area contributed by atoms with Crippen molar-refractivity contribution in [2.75, 3.05) is 38.0 Å². The van der Waals surface area contributed by atoms with Crippen LogP contribution in [0.2, 0.25) is 0 Å². The van der Waals surface area contributed by atoms with Gasteiger partial charge in [0.2, 0.25) is 0 Å². The Labute approximate surface area is 150 Å². The monoisotopic (exact) mass is 349 g/mol. The van der Waals surface area contributed by atoms with E-state index in [9.17, 15) is 4.79 Å². The highest BCUT2D eigenvalue weighted by Crippen LogP contribution is 2.33. The minimum atomic E-state index is 0.0664. The molecule has 3 heterocycles. The van der Waals surface area contributed by atoms with Crippen LogP contribution in [0.1, 0.15) is 40.0 Å². The number of urea groups is 1. The van der Waals surface area contributed by atoms with Gasteiger partial charge in [-0.1, -0.05) is 20.8 Å². The molecule has 0 saturated carbocycles. The lowest BCUT2D eigenvalue weighted by Gasteiger charge is -2.35. The number of anilines is 1. The maximum absolute atomic E-state index is 12.3.